The van der Waals surface area contributed by atoms with Crippen LogP contribution in [0.3, 0.4) is 0 Å². The molecule has 1 aliphatic rings. The normalized spacial score (nSPS) is 51.1. The average Bonchev–Trinajstić information content (AvgIpc) is 2.03. The summed E-state index contributed by atoms with van der Waals surface area (Å²) in [5, 5.41) is 21.3. The van der Waals surface area contributed by atoms with Crippen molar-refractivity contribution in [1.82, 2.24) is 5.32 Å². The van der Waals surface area contributed by atoms with E-state index >= 15 is 0 Å². The predicted octanol–water partition coefficient (Wildman–Crippen LogP) is -0.993. The van der Waals surface area contributed by atoms with Crippen LogP contribution >= 0.6 is 0 Å². The van der Waals surface area contributed by atoms with Crippen LogP contribution in [0.15, 0.2) is 0 Å². The molecule has 0 amide bonds. The third-order valence-electron chi connectivity index (χ3n) is 2.41. The largest absolute Gasteiger partial charge is 0.388 e. The Kier molecular flexibility index (Phi) is 1.78. The molecule has 4 nitrogen and oxygen atoms in total. The minimum atomic E-state index is -1.16. The summed E-state index contributed by atoms with van der Waals surface area (Å²) >= 11 is 0. The number of nitrogens with one attached hydrogen (secondary N) is 1. The molecule has 3 atom stereocenters. The number of hydrogen-bond donors (Lipinski definition) is 3. The van der Waals surface area contributed by atoms with Gasteiger partial charge in [-0.05, 0) is 13.8 Å². The maximum atomic E-state index is 10.6. The zero-order valence-electron chi connectivity index (χ0n) is 6.66. The topological polar surface area (TPSA) is 69.6 Å². The highest BCUT2D eigenvalue weighted by atomic mass is 16.3. The average molecular weight is 159 g/mol. The summed E-state index contributed by atoms with van der Waals surface area (Å²) in [5.41, 5.74) is -2.18. The summed E-state index contributed by atoms with van der Waals surface area (Å²) in [7, 11) is 0. The molecule has 64 valence electrons. The first-order valence-electron chi connectivity index (χ1n) is 3.56. The molecule has 1 heterocycles. The van der Waals surface area contributed by atoms with E-state index in [4.69, 9.17) is 5.11 Å². The summed E-state index contributed by atoms with van der Waals surface area (Å²) in [5.74, 6) is 0. The molecule has 4 heteroatoms. The first-order chi connectivity index (χ1) is 4.91. The quantitative estimate of drug-likeness (QED) is 0.429. The van der Waals surface area contributed by atoms with E-state index in [0.29, 0.717) is 6.29 Å². The van der Waals surface area contributed by atoms with Crippen molar-refractivity contribution in [3.05, 3.63) is 0 Å². The van der Waals surface area contributed by atoms with Crippen LogP contribution in [0.4, 0.5) is 0 Å². The van der Waals surface area contributed by atoms with Crippen molar-refractivity contribution in [3.63, 3.8) is 0 Å². The van der Waals surface area contributed by atoms with Crippen molar-refractivity contribution in [3.8, 4) is 0 Å². The molecule has 11 heavy (non-hydrogen) atoms. The lowest BCUT2D eigenvalue weighted by Gasteiger charge is -2.30. The fraction of sp³-hybridized carbons (Fsp3) is 0.857. The first-order valence-corrected chi connectivity index (χ1v) is 3.56. The van der Waals surface area contributed by atoms with Gasteiger partial charge in [0.05, 0.1) is 5.60 Å². The summed E-state index contributed by atoms with van der Waals surface area (Å²) in [6.07, 6.45) is 0.0195. The Bertz CT molecular complexity index is 181. The van der Waals surface area contributed by atoms with Crippen LogP contribution in [0.1, 0.15) is 20.3 Å². The van der Waals surface area contributed by atoms with Gasteiger partial charge in [-0.1, -0.05) is 0 Å². The van der Waals surface area contributed by atoms with E-state index in [9.17, 15) is 9.90 Å². The Morgan fingerprint density at radius 1 is 1.64 bits per heavy atom. The van der Waals surface area contributed by atoms with E-state index in [0.717, 1.165) is 0 Å². The third kappa shape index (κ3) is 1.17. The summed E-state index contributed by atoms with van der Waals surface area (Å²) in [4.78, 5) is 10.6. The van der Waals surface area contributed by atoms with Gasteiger partial charge in [0.1, 0.15) is 18.1 Å². The van der Waals surface area contributed by atoms with Gasteiger partial charge in [0.2, 0.25) is 0 Å². The monoisotopic (exact) mass is 159 g/mol. The SMILES string of the molecule is CC1(O)CC(O)N[C@@]1(C)C=O. The lowest BCUT2D eigenvalue weighted by atomic mass is 9.85. The van der Waals surface area contributed by atoms with E-state index in [1.807, 2.05) is 0 Å². The molecule has 0 aromatic rings. The fourth-order valence-electron chi connectivity index (χ4n) is 1.30. The van der Waals surface area contributed by atoms with Crippen LogP contribution in [0.2, 0.25) is 0 Å². The van der Waals surface area contributed by atoms with E-state index in [1.165, 1.54) is 6.92 Å². The number of rotatable bonds is 1. The van der Waals surface area contributed by atoms with Crippen molar-refractivity contribution < 1.29 is 15.0 Å². The number of carbonyl (C=O) groups is 1. The minimum absolute atomic E-state index is 0.183. The van der Waals surface area contributed by atoms with Crippen LogP contribution in [0.5, 0.6) is 0 Å². The van der Waals surface area contributed by atoms with Gasteiger partial charge in [0.25, 0.3) is 0 Å². The van der Waals surface area contributed by atoms with E-state index in [1.54, 1.807) is 6.92 Å². The van der Waals surface area contributed by atoms with Crippen LogP contribution in [0.25, 0.3) is 0 Å². The molecule has 0 bridgehead atoms. The Labute approximate surface area is 65.2 Å². The zero-order chi connectivity index (χ0) is 8.70. The highest BCUT2D eigenvalue weighted by molar-refractivity contribution is 5.67. The molecule has 0 spiro atoms. The fourth-order valence-corrected chi connectivity index (χ4v) is 1.30. The van der Waals surface area contributed by atoms with Crippen LogP contribution in [0, 0.1) is 0 Å². The number of aliphatic hydroxyl groups excluding tert-OH is 1. The Morgan fingerprint density at radius 3 is 2.36 bits per heavy atom. The van der Waals surface area contributed by atoms with E-state index < -0.39 is 17.4 Å². The van der Waals surface area contributed by atoms with Crippen molar-refractivity contribution in [2.75, 3.05) is 0 Å². The van der Waals surface area contributed by atoms with Crippen molar-refractivity contribution in [2.45, 2.75) is 37.6 Å². The number of carbonyl (C=O) groups excluding carboxylic acids is 1. The Hall–Kier alpha value is -0.450. The summed E-state index contributed by atoms with van der Waals surface area (Å²) in [6, 6.07) is 0. The standard InChI is InChI=1S/C7H13NO3/c1-6(4-9)7(2,11)3-5(10)8-6/h4-5,8,10-11H,3H2,1-2H3/t5?,6-,7?/m0/s1. The predicted molar refractivity (Wildman–Crippen MR) is 38.9 cm³/mol. The van der Waals surface area contributed by atoms with E-state index in [-0.39, 0.29) is 6.42 Å². The van der Waals surface area contributed by atoms with Crippen LogP contribution in [-0.2, 0) is 4.79 Å². The second-order valence-corrected chi connectivity index (χ2v) is 3.46. The third-order valence-corrected chi connectivity index (χ3v) is 2.41. The molecule has 1 rings (SSSR count). The van der Waals surface area contributed by atoms with Gasteiger partial charge in [-0.2, -0.15) is 0 Å². The molecule has 0 radical (unpaired) electrons. The highest BCUT2D eigenvalue weighted by Gasteiger charge is 2.51. The molecular weight excluding hydrogens is 146 g/mol. The second kappa shape index (κ2) is 2.27. The second-order valence-electron chi connectivity index (χ2n) is 3.46. The van der Waals surface area contributed by atoms with Gasteiger partial charge in [0, 0.05) is 6.42 Å². The smallest absolute Gasteiger partial charge is 0.142 e. The number of aliphatic hydroxyl groups is 2. The molecule has 1 fully saturated rings. The van der Waals surface area contributed by atoms with Gasteiger partial charge in [-0.25, -0.2) is 0 Å². The number of hydrogen-bond acceptors (Lipinski definition) is 4. The van der Waals surface area contributed by atoms with E-state index in [2.05, 4.69) is 5.32 Å². The van der Waals surface area contributed by atoms with Crippen molar-refractivity contribution in [2.24, 2.45) is 0 Å². The molecular formula is C7H13NO3. The lowest BCUT2D eigenvalue weighted by Crippen LogP contribution is -2.54. The van der Waals surface area contributed by atoms with Gasteiger partial charge in [0.15, 0.2) is 0 Å². The molecule has 3 N–H and O–H groups in total. The van der Waals surface area contributed by atoms with Gasteiger partial charge < -0.3 is 15.0 Å². The molecule has 0 aromatic heterocycles. The first kappa shape index (κ1) is 8.64. The molecule has 1 saturated heterocycles. The Morgan fingerprint density at radius 2 is 2.18 bits per heavy atom. The van der Waals surface area contributed by atoms with Crippen LogP contribution in [-0.4, -0.2) is 33.9 Å². The van der Waals surface area contributed by atoms with Crippen molar-refractivity contribution >= 4 is 6.29 Å². The highest BCUT2D eigenvalue weighted by Crippen LogP contribution is 2.31. The summed E-state index contributed by atoms with van der Waals surface area (Å²) < 4.78 is 0. The lowest BCUT2D eigenvalue weighted by molar-refractivity contribution is -0.119. The number of aldehydes is 1. The molecule has 0 aliphatic carbocycles. The molecule has 1 aliphatic heterocycles. The van der Waals surface area contributed by atoms with Gasteiger partial charge in [-0.3, -0.25) is 5.32 Å². The molecule has 0 saturated carbocycles. The minimum Gasteiger partial charge on any atom is -0.388 e. The zero-order valence-corrected chi connectivity index (χ0v) is 6.66. The van der Waals surface area contributed by atoms with Gasteiger partial charge in [-0.15, -0.1) is 0 Å². The Balaban J connectivity index is 2.89. The van der Waals surface area contributed by atoms with Crippen LogP contribution < -0.4 is 5.32 Å². The maximum absolute atomic E-state index is 10.6. The summed E-state index contributed by atoms with van der Waals surface area (Å²) in [6.45, 7) is 3.10. The van der Waals surface area contributed by atoms with Gasteiger partial charge >= 0.3 is 0 Å². The molecule has 2 unspecified atom stereocenters. The maximum Gasteiger partial charge on any atom is 0.142 e. The molecule has 0 aromatic carbocycles. The van der Waals surface area contributed by atoms with Crippen molar-refractivity contribution in [1.29, 1.82) is 0 Å².